The summed E-state index contributed by atoms with van der Waals surface area (Å²) in [6.07, 6.45) is 1.71. The molecule has 8 heteroatoms. The van der Waals surface area contributed by atoms with Crippen LogP contribution in [-0.2, 0) is 6.42 Å². The van der Waals surface area contributed by atoms with Gasteiger partial charge in [-0.05, 0) is 62.1 Å². The maximum Gasteiger partial charge on any atom is 0.259 e. The predicted molar refractivity (Wildman–Crippen MR) is 132 cm³/mol. The van der Waals surface area contributed by atoms with Gasteiger partial charge in [0.05, 0.1) is 18.4 Å². The number of ether oxygens (including phenoxy) is 1. The van der Waals surface area contributed by atoms with Crippen molar-refractivity contribution in [1.29, 1.82) is 0 Å². The molecule has 0 atom stereocenters. The summed E-state index contributed by atoms with van der Waals surface area (Å²) < 4.78 is 33.5. The molecule has 1 aliphatic rings. The predicted octanol–water partition coefficient (Wildman–Crippen LogP) is 4.67. The summed E-state index contributed by atoms with van der Waals surface area (Å²) in [6.45, 7) is 2.95. The largest absolute Gasteiger partial charge is 0.496 e. The molecule has 0 spiro atoms. The molecule has 0 bridgehead atoms. The lowest BCUT2D eigenvalue weighted by molar-refractivity contribution is 0.0700. The van der Waals surface area contributed by atoms with Gasteiger partial charge in [0.15, 0.2) is 0 Å². The first-order chi connectivity index (χ1) is 17.4. The molecule has 2 aromatic carbocycles. The zero-order valence-corrected chi connectivity index (χ0v) is 20.4. The molecule has 2 amide bonds. The first-order valence-electron chi connectivity index (χ1n) is 12.0. The third kappa shape index (κ3) is 5.53. The van der Waals surface area contributed by atoms with E-state index >= 15 is 0 Å². The molecule has 4 rings (SSSR count). The molecule has 1 N–H and O–H groups in total. The maximum absolute atomic E-state index is 14.1. The van der Waals surface area contributed by atoms with E-state index in [1.165, 1.54) is 11.0 Å². The number of pyridine rings is 1. The quantitative estimate of drug-likeness (QED) is 0.519. The number of amides is 2. The van der Waals surface area contributed by atoms with E-state index in [0.29, 0.717) is 50.2 Å². The van der Waals surface area contributed by atoms with Crippen molar-refractivity contribution in [3.63, 3.8) is 0 Å². The minimum Gasteiger partial charge on any atom is -0.496 e. The van der Waals surface area contributed by atoms with E-state index in [1.54, 1.807) is 19.2 Å². The Kier molecular flexibility index (Phi) is 7.93. The van der Waals surface area contributed by atoms with E-state index in [9.17, 15) is 18.4 Å². The standard InChI is InChI=1S/C28H29F2N3O3/c1-18-10-11-21(27(34)31-15-12-19-6-3-4-9-24(19)36-2)26(32-18)20-13-16-33(17-14-20)28(35)25-22(29)7-5-8-23(25)30/h3-11,20H,12-17H2,1-2H3,(H,31,34). The number of carbonyl (C=O) groups excluding carboxylic acids is 2. The average Bonchev–Trinajstić information content (AvgIpc) is 2.88. The number of hydrogen-bond acceptors (Lipinski definition) is 4. The Morgan fingerprint density at radius 3 is 2.42 bits per heavy atom. The minimum absolute atomic E-state index is 0.0469. The van der Waals surface area contributed by atoms with Crippen LogP contribution in [0.2, 0.25) is 0 Å². The fourth-order valence-electron chi connectivity index (χ4n) is 4.61. The monoisotopic (exact) mass is 493 g/mol. The van der Waals surface area contributed by atoms with Crippen LogP contribution in [0, 0.1) is 18.6 Å². The van der Waals surface area contributed by atoms with Gasteiger partial charge in [0.1, 0.15) is 22.9 Å². The van der Waals surface area contributed by atoms with E-state index in [1.807, 2.05) is 31.2 Å². The van der Waals surface area contributed by atoms with Gasteiger partial charge in [0.2, 0.25) is 0 Å². The highest BCUT2D eigenvalue weighted by Gasteiger charge is 2.30. The normalized spacial score (nSPS) is 13.9. The van der Waals surface area contributed by atoms with Crippen LogP contribution in [0.25, 0.3) is 0 Å². The van der Waals surface area contributed by atoms with Crippen LogP contribution in [0.3, 0.4) is 0 Å². The topological polar surface area (TPSA) is 71.5 Å². The first kappa shape index (κ1) is 25.3. The van der Waals surface area contributed by atoms with Crippen LogP contribution in [0.4, 0.5) is 8.78 Å². The van der Waals surface area contributed by atoms with Gasteiger partial charge in [-0.1, -0.05) is 24.3 Å². The van der Waals surface area contributed by atoms with Gasteiger partial charge in [-0.2, -0.15) is 0 Å². The van der Waals surface area contributed by atoms with E-state index in [-0.39, 0.29) is 11.8 Å². The lowest BCUT2D eigenvalue weighted by Crippen LogP contribution is -2.39. The zero-order valence-electron chi connectivity index (χ0n) is 20.4. The number of aromatic nitrogens is 1. The van der Waals surface area contributed by atoms with Crippen LogP contribution < -0.4 is 10.1 Å². The molecule has 0 unspecified atom stereocenters. The number of benzene rings is 2. The third-order valence-electron chi connectivity index (χ3n) is 6.53. The smallest absolute Gasteiger partial charge is 0.259 e. The Morgan fingerprint density at radius 2 is 1.72 bits per heavy atom. The van der Waals surface area contributed by atoms with Crippen molar-refractivity contribution in [2.45, 2.75) is 32.1 Å². The number of aryl methyl sites for hydroxylation is 1. The fraction of sp³-hybridized carbons (Fsp3) is 0.321. The Bertz CT molecular complexity index is 1240. The summed E-state index contributed by atoms with van der Waals surface area (Å²) in [7, 11) is 1.62. The molecular formula is C28H29F2N3O3. The van der Waals surface area contributed by atoms with E-state index in [0.717, 1.165) is 29.1 Å². The van der Waals surface area contributed by atoms with Gasteiger partial charge < -0.3 is 15.0 Å². The molecule has 0 aliphatic carbocycles. The average molecular weight is 494 g/mol. The Labute approximate surface area is 209 Å². The van der Waals surface area contributed by atoms with E-state index in [4.69, 9.17) is 4.74 Å². The molecule has 3 aromatic rings. The lowest BCUT2D eigenvalue weighted by atomic mass is 9.89. The second kappa shape index (κ2) is 11.3. The first-order valence-corrected chi connectivity index (χ1v) is 12.0. The highest BCUT2D eigenvalue weighted by molar-refractivity contribution is 5.96. The Hall–Kier alpha value is -3.81. The van der Waals surface area contributed by atoms with Crippen molar-refractivity contribution < 1.29 is 23.1 Å². The van der Waals surface area contributed by atoms with Crippen LogP contribution in [-0.4, -0.2) is 48.4 Å². The molecule has 1 saturated heterocycles. The number of nitrogens with zero attached hydrogens (tertiary/aromatic N) is 2. The van der Waals surface area contributed by atoms with Gasteiger partial charge in [0.25, 0.3) is 11.8 Å². The van der Waals surface area contributed by atoms with Crippen molar-refractivity contribution >= 4 is 11.8 Å². The summed E-state index contributed by atoms with van der Waals surface area (Å²) in [5.74, 6) is -1.87. The number of nitrogens with one attached hydrogen (secondary N) is 1. The summed E-state index contributed by atoms with van der Waals surface area (Å²) in [5, 5.41) is 2.98. The van der Waals surface area contributed by atoms with Gasteiger partial charge in [-0.3, -0.25) is 14.6 Å². The van der Waals surface area contributed by atoms with Crippen LogP contribution in [0.15, 0.2) is 54.6 Å². The van der Waals surface area contributed by atoms with Crippen molar-refractivity contribution in [1.82, 2.24) is 15.2 Å². The zero-order chi connectivity index (χ0) is 25.7. The maximum atomic E-state index is 14.1. The van der Waals surface area contributed by atoms with Crippen LogP contribution in [0.1, 0.15) is 56.4 Å². The van der Waals surface area contributed by atoms with Gasteiger partial charge in [0, 0.05) is 31.2 Å². The number of rotatable bonds is 7. The summed E-state index contributed by atoms with van der Waals surface area (Å²) in [4.78, 5) is 31.9. The minimum atomic E-state index is -0.866. The summed E-state index contributed by atoms with van der Waals surface area (Å²) in [6, 6.07) is 14.7. The van der Waals surface area contributed by atoms with Crippen LogP contribution >= 0.6 is 0 Å². The second-order valence-corrected chi connectivity index (χ2v) is 8.87. The molecule has 6 nitrogen and oxygen atoms in total. The highest BCUT2D eigenvalue weighted by Crippen LogP contribution is 2.30. The van der Waals surface area contributed by atoms with Crippen molar-refractivity contribution in [3.05, 3.63) is 94.3 Å². The fourth-order valence-corrected chi connectivity index (χ4v) is 4.61. The van der Waals surface area contributed by atoms with Crippen LogP contribution in [0.5, 0.6) is 5.75 Å². The van der Waals surface area contributed by atoms with Gasteiger partial charge in [-0.25, -0.2) is 8.78 Å². The third-order valence-corrected chi connectivity index (χ3v) is 6.53. The van der Waals surface area contributed by atoms with E-state index in [2.05, 4.69) is 10.3 Å². The molecular weight excluding hydrogens is 464 g/mol. The Balaban J connectivity index is 1.42. The number of halogens is 2. The number of piperidine rings is 1. The van der Waals surface area contributed by atoms with Crippen molar-refractivity contribution in [3.8, 4) is 5.75 Å². The molecule has 1 aliphatic heterocycles. The van der Waals surface area contributed by atoms with Gasteiger partial charge in [-0.15, -0.1) is 0 Å². The molecule has 0 radical (unpaired) electrons. The molecule has 1 fully saturated rings. The Morgan fingerprint density at radius 1 is 1.03 bits per heavy atom. The molecule has 0 saturated carbocycles. The summed E-state index contributed by atoms with van der Waals surface area (Å²) in [5.41, 5.74) is 2.47. The number of para-hydroxylation sites is 1. The van der Waals surface area contributed by atoms with Crippen molar-refractivity contribution in [2.75, 3.05) is 26.7 Å². The van der Waals surface area contributed by atoms with E-state index < -0.39 is 23.1 Å². The number of hydrogen-bond donors (Lipinski definition) is 1. The molecule has 188 valence electrons. The highest BCUT2D eigenvalue weighted by atomic mass is 19.1. The SMILES string of the molecule is COc1ccccc1CCNC(=O)c1ccc(C)nc1C1CCN(C(=O)c2c(F)cccc2F)CC1. The number of carbonyl (C=O) groups is 2. The second-order valence-electron chi connectivity index (χ2n) is 8.87. The number of likely N-dealkylation sites (tertiary alicyclic amines) is 1. The van der Waals surface area contributed by atoms with Gasteiger partial charge >= 0.3 is 0 Å². The van der Waals surface area contributed by atoms with Crippen molar-refractivity contribution in [2.24, 2.45) is 0 Å². The lowest BCUT2D eigenvalue weighted by Gasteiger charge is -2.32. The molecule has 36 heavy (non-hydrogen) atoms. The number of methoxy groups -OCH3 is 1. The molecule has 1 aromatic heterocycles. The molecule has 2 heterocycles. The summed E-state index contributed by atoms with van der Waals surface area (Å²) >= 11 is 0.